The molecule has 0 unspecified atom stereocenters. The van der Waals surface area contributed by atoms with Crippen molar-refractivity contribution in [3.05, 3.63) is 42.5 Å². The molecule has 2 aromatic rings. The van der Waals surface area contributed by atoms with Crippen LogP contribution in [-0.2, 0) is 0 Å². The Balaban J connectivity index is 1.84. The lowest BCUT2D eigenvalue weighted by Gasteiger charge is -2.14. The first-order valence-electron chi connectivity index (χ1n) is 8.19. The topological polar surface area (TPSA) is 51.8 Å². The zero-order valence-electron chi connectivity index (χ0n) is 14.6. The van der Waals surface area contributed by atoms with Gasteiger partial charge < -0.3 is 24.8 Å². The summed E-state index contributed by atoms with van der Waals surface area (Å²) in [4.78, 5) is 0. The molecule has 5 nitrogen and oxygen atoms in total. The largest absolute Gasteiger partial charge is 0.497 e. The number of ether oxygens (including phenoxy) is 3. The van der Waals surface area contributed by atoms with Crippen molar-refractivity contribution < 1.29 is 14.2 Å². The second kappa shape index (κ2) is 9.55. The van der Waals surface area contributed by atoms with Crippen molar-refractivity contribution in [3.63, 3.8) is 0 Å². The second-order valence-corrected chi connectivity index (χ2v) is 5.30. The minimum Gasteiger partial charge on any atom is -0.497 e. The average molecular weight is 330 g/mol. The lowest BCUT2D eigenvalue weighted by molar-refractivity contribution is 0.317. The molecule has 0 aliphatic carbocycles. The van der Waals surface area contributed by atoms with Crippen LogP contribution in [0.2, 0.25) is 0 Å². The highest BCUT2D eigenvalue weighted by molar-refractivity contribution is 5.60. The van der Waals surface area contributed by atoms with Gasteiger partial charge in [0.25, 0.3) is 0 Å². The minimum absolute atomic E-state index is 0.737. The van der Waals surface area contributed by atoms with Crippen molar-refractivity contribution in [2.24, 2.45) is 0 Å². The fraction of sp³-hybridized carbons (Fsp3) is 0.368. The van der Waals surface area contributed by atoms with E-state index >= 15 is 0 Å². The molecular formula is C19H26N2O3. The zero-order chi connectivity index (χ0) is 17.2. The third-order valence-corrected chi connectivity index (χ3v) is 3.48. The standard InChI is InChI=1S/C19H26N2O3/c1-4-12-24-17-7-5-6-15(13-17)20-10-11-21-18-14-16(22-2)8-9-19(18)23-3/h5-9,13-14,20-21H,4,10-12H2,1-3H3. The second-order valence-electron chi connectivity index (χ2n) is 5.30. The van der Waals surface area contributed by atoms with E-state index < -0.39 is 0 Å². The van der Waals surface area contributed by atoms with E-state index in [9.17, 15) is 0 Å². The monoisotopic (exact) mass is 330 g/mol. The van der Waals surface area contributed by atoms with E-state index in [4.69, 9.17) is 14.2 Å². The van der Waals surface area contributed by atoms with Crippen molar-refractivity contribution >= 4 is 11.4 Å². The van der Waals surface area contributed by atoms with Gasteiger partial charge in [0, 0.05) is 30.9 Å². The first kappa shape index (κ1) is 17.8. The van der Waals surface area contributed by atoms with Gasteiger partial charge in [-0.2, -0.15) is 0 Å². The Labute approximate surface area is 143 Å². The number of anilines is 2. The van der Waals surface area contributed by atoms with Gasteiger partial charge in [-0.15, -0.1) is 0 Å². The molecule has 0 fully saturated rings. The third-order valence-electron chi connectivity index (χ3n) is 3.48. The lowest BCUT2D eigenvalue weighted by Crippen LogP contribution is -2.14. The molecule has 130 valence electrons. The summed E-state index contributed by atoms with van der Waals surface area (Å²) < 4.78 is 16.2. The Hall–Kier alpha value is -2.56. The maximum absolute atomic E-state index is 5.64. The summed E-state index contributed by atoms with van der Waals surface area (Å²) in [5.41, 5.74) is 1.96. The van der Waals surface area contributed by atoms with Crippen LogP contribution in [0.5, 0.6) is 17.2 Å². The normalized spacial score (nSPS) is 10.1. The van der Waals surface area contributed by atoms with Crippen LogP contribution in [-0.4, -0.2) is 33.9 Å². The molecule has 0 atom stereocenters. The number of hydrogen-bond donors (Lipinski definition) is 2. The number of methoxy groups -OCH3 is 2. The van der Waals surface area contributed by atoms with Gasteiger partial charge in [-0.1, -0.05) is 13.0 Å². The molecule has 2 N–H and O–H groups in total. The summed E-state index contributed by atoms with van der Waals surface area (Å²) in [6.45, 7) is 4.36. The van der Waals surface area contributed by atoms with Crippen molar-refractivity contribution in [1.29, 1.82) is 0 Å². The summed E-state index contributed by atoms with van der Waals surface area (Å²) >= 11 is 0. The van der Waals surface area contributed by atoms with E-state index in [0.717, 1.165) is 54.7 Å². The van der Waals surface area contributed by atoms with Gasteiger partial charge in [-0.25, -0.2) is 0 Å². The summed E-state index contributed by atoms with van der Waals surface area (Å²) in [5, 5.41) is 6.74. The molecule has 5 heteroatoms. The van der Waals surface area contributed by atoms with Crippen LogP contribution >= 0.6 is 0 Å². The molecule has 2 rings (SSSR count). The summed E-state index contributed by atoms with van der Waals surface area (Å²) in [7, 11) is 3.31. The highest BCUT2D eigenvalue weighted by Gasteiger charge is 2.04. The van der Waals surface area contributed by atoms with Crippen LogP contribution < -0.4 is 24.8 Å². The number of benzene rings is 2. The fourth-order valence-electron chi connectivity index (χ4n) is 2.27. The molecule has 0 aromatic heterocycles. The van der Waals surface area contributed by atoms with E-state index in [-0.39, 0.29) is 0 Å². The van der Waals surface area contributed by atoms with Crippen LogP contribution in [0.15, 0.2) is 42.5 Å². The molecule has 0 radical (unpaired) electrons. The number of rotatable bonds is 10. The maximum atomic E-state index is 5.64. The van der Waals surface area contributed by atoms with Gasteiger partial charge in [0.05, 0.1) is 26.5 Å². The quantitative estimate of drug-likeness (QED) is 0.645. The molecule has 0 aliphatic rings. The Bertz CT molecular complexity index is 632. The predicted molar refractivity (Wildman–Crippen MR) is 98.8 cm³/mol. The molecule has 0 spiro atoms. The van der Waals surface area contributed by atoms with Crippen LogP contribution in [0.4, 0.5) is 11.4 Å². The first-order chi connectivity index (χ1) is 11.8. The molecule has 0 saturated carbocycles. The van der Waals surface area contributed by atoms with Crippen molar-refractivity contribution in [2.45, 2.75) is 13.3 Å². The first-order valence-corrected chi connectivity index (χ1v) is 8.19. The molecule has 2 aromatic carbocycles. The van der Waals surface area contributed by atoms with E-state index in [1.165, 1.54) is 0 Å². The number of nitrogens with one attached hydrogen (secondary N) is 2. The highest BCUT2D eigenvalue weighted by Crippen LogP contribution is 2.28. The van der Waals surface area contributed by atoms with E-state index in [1.807, 2.05) is 42.5 Å². The van der Waals surface area contributed by atoms with E-state index in [2.05, 4.69) is 17.6 Å². The Morgan fingerprint density at radius 1 is 0.875 bits per heavy atom. The summed E-state index contributed by atoms with van der Waals surface area (Å²) in [5.74, 6) is 2.49. The van der Waals surface area contributed by atoms with E-state index in [1.54, 1.807) is 14.2 Å². The minimum atomic E-state index is 0.737. The number of hydrogen-bond acceptors (Lipinski definition) is 5. The fourth-order valence-corrected chi connectivity index (χ4v) is 2.27. The van der Waals surface area contributed by atoms with Crippen LogP contribution in [0.25, 0.3) is 0 Å². The van der Waals surface area contributed by atoms with Crippen molar-refractivity contribution in [3.8, 4) is 17.2 Å². The molecular weight excluding hydrogens is 304 g/mol. The van der Waals surface area contributed by atoms with Crippen molar-refractivity contribution in [1.82, 2.24) is 0 Å². The smallest absolute Gasteiger partial charge is 0.142 e. The van der Waals surface area contributed by atoms with Crippen LogP contribution in [0.3, 0.4) is 0 Å². The maximum Gasteiger partial charge on any atom is 0.142 e. The molecule has 0 bridgehead atoms. The van der Waals surface area contributed by atoms with Gasteiger partial charge >= 0.3 is 0 Å². The average Bonchev–Trinajstić information content (AvgIpc) is 2.63. The zero-order valence-corrected chi connectivity index (χ0v) is 14.6. The molecule has 0 saturated heterocycles. The highest BCUT2D eigenvalue weighted by atomic mass is 16.5. The van der Waals surface area contributed by atoms with Crippen LogP contribution in [0, 0.1) is 0 Å². The van der Waals surface area contributed by atoms with Gasteiger partial charge in [0.2, 0.25) is 0 Å². The Morgan fingerprint density at radius 3 is 2.46 bits per heavy atom. The van der Waals surface area contributed by atoms with Crippen molar-refractivity contribution in [2.75, 3.05) is 44.5 Å². The summed E-state index contributed by atoms with van der Waals surface area (Å²) in [6.07, 6.45) is 1.00. The predicted octanol–water partition coefficient (Wildman–Crippen LogP) is 4.02. The third kappa shape index (κ3) is 5.26. The SMILES string of the molecule is CCCOc1cccc(NCCNc2cc(OC)ccc2OC)c1. The Morgan fingerprint density at radius 2 is 1.71 bits per heavy atom. The van der Waals surface area contributed by atoms with Gasteiger partial charge in [0.1, 0.15) is 17.2 Å². The van der Waals surface area contributed by atoms with Gasteiger partial charge in [-0.05, 0) is 30.7 Å². The molecule has 0 heterocycles. The van der Waals surface area contributed by atoms with Gasteiger partial charge in [-0.3, -0.25) is 0 Å². The lowest BCUT2D eigenvalue weighted by atomic mass is 10.2. The van der Waals surface area contributed by atoms with Crippen LogP contribution in [0.1, 0.15) is 13.3 Å². The molecule has 24 heavy (non-hydrogen) atoms. The molecule has 0 amide bonds. The Kier molecular flexibility index (Phi) is 7.08. The molecule has 0 aliphatic heterocycles. The van der Waals surface area contributed by atoms with E-state index in [0.29, 0.717) is 0 Å². The van der Waals surface area contributed by atoms with Gasteiger partial charge in [0.15, 0.2) is 0 Å². The summed E-state index contributed by atoms with van der Waals surface area (Å²) in [6, 6.07) is 13.7.